The van der Waals surface area contributed by atoms with Crippen LogP contribution in [-0.4, -0.2) is 53.6 Å². The van der Waals surface area contributed by atoms with Crippen LogP contribution >= 0.6 is 0 Å². The Kier molecular flexibility index (Phi) is 10.1. The molecule has 3 heterocycles. The minimum Gasteiger partial charge on any atom is -0.475 e. The van der Waals surface area contributed by atoms with Crippen LogP contribution in [0.3, 0.4) is 0 Å². The summed E-state index contributed by atoms with van der Waals surface area (Å²) in [5, 5.41) is 10.2. The first-order valence-electron chi connectivity index (χ1n) is 12.1. The van der Waals surface area contributed by atoms with Gasteiger partial charge in [0.2, 0.25) is 5.95 Å². The SMILES string of the molecule is Cc1nc(NCc2c(F)cccc2CN2CCCC2)ccc1S(=O)(=O)Cc1cccc(F)n1.O=C(O)C(F)(F)F. The van der Waals surface area contributed by atoms with E-state index in [0.717, 1.165) is 37.6 Å². The first-order valence-corrected chi connectivity index (χ1v) is 13.8. The van der Waals surface area contributed by atoms with Crippen LogP contribution in [0.4, 0.5) is 27.8 Å². The Morgan fingerprint density at radius 2 is 1.68 bits per heavy atom. The highest BCUT2D eigenvalue weighted by atomic mass is 32.2. The molecule has 14 heteroatoms. The normalized spacial score (nSPS) is 13.9. The average molecular weight is 587 g/mol. The van der Waals surface area contributed by atoms with Crippen molar-refractivity contribution < 1.29 is 40.3 Å². The standard InChI is InChI=1S/C24H26F2N4O2S.C2HF3O2/c1-17-22(33(31,32)16-19-7-5-9-23(26)29-19)10-11-24(28-17)27-14-20-18(6-4-8-21(20)25)15-30-12-2-3-13-30;3-2(4,5)1(6)7/h4-11H,2-3,12-16H2,1H3,(H,27,28);(H,6,7). The molecule has 0 spiro atoms. The molecule has 0 saturated carbocycles. The van der Waals surface area contributed by atoms with Gasteiger partial charge in [0.1, 0.15) is 11.6 Å². The largest absolute Gasteiger partial charge is 0.490 e. The number of halogens is 5. The summed E-state index contributed by atoms with van der Waals surface area (Å²) in [6, 6.07) is 12.2. The van der Waals surface area contributed by atoms with Gasteiger partial charge in [-0.25, -0.2) is 27.6 Å². The number of aryl methyl sites for hydroxylation is 1. The van der Waals surface area contributed by atoms with Crippen molar-refractivity contribution in [3.05, 3.63) is 82.8 Å². The first kappa shape index (κ1) is 30.9. The number of anilines is 1. The Morgan fingerprint density at radius 1 is 1.02 bits per heavy atom. The van der Waals surface area contributed by atoms with Crippen molar-refractivity contribution in [2.24, 2.45) is 0 Å². The molecule has 0 bridgehead atoms. The number of hydrogen-bond donors (Lipinski definition) is 2. The van der Waals surface area contributed by atoms with Crippen LogP contribution in [0.2, 0.25) is 0 Å². The molecular weight excluding hydrogens is 559 g/mol. The zero-order valence-electron chi connectivity index (χ0n) is 21.4. The van der Waals surface area contributed by atoms with E-state index in [1.807, 2.05) is 6.07 Å². The zero-order chi connectivity index (χ0) is 29.5. The minimum absolute atomic E-state index is 0.0553. The number of pyridine rings is 2. The molecule has 1 aliphatic rings. The molecular formula is C26H27F5N4O4S. The van der Waals surface area contributed by atoms with Gasteiger partial charge in [-0.1, -0.05) is 18.2 Å². The number of aliphatic carboxylic acids is 1. The second kappa shape index (κ2) is 13.1. The molecule has 0 unspecified atom stereocenters. The summed E-state index contributed by atoms with van der Waals surface area (Å²) in [5.41, 5.74) is 1.95. The predicted molar refractivity (Wildman–Crippen MR) is 136 cm³/mol. The molecule has 216 valence electrons. The molecule has 1 saturated heterocycles. The van der Waals surface area contributed by atoms with E-state index in [1.54, 1.807) is 19.1 Å². The molecule has 0 atom stereocenters. The molecule has 40 heavy (non-hydrogen) atoms. The summed E-state index contributed by atoms with van der Waals surface area (Å²) in [7, 11) is -3.76. The van der Waals surface area contributed by atoms with Crippen LogP contribution in [0.5, 0.6) is 0 Å². The Bertz CT molecular complexity index is 1450. The third-order valence-electron chi connectivity index (χ3n) is 5.98. The lowest BCUT2D eigenvalue weighted by molar-refractivity contribution is -0.192. The van der Waals surface area contributed by atoms with Gasteiger partial charge in [0, 0.05) is 18.7 Å². The molecule has 3 aromatic rings. The first-order chi connectivity index (χ1) is 18.8. The van der Waals surface area contributed by atoms with Crippen molar-refractivity contribution in [2.75, 3.05) is 18.4 Å². The fourth-order valence-corrected chi connectivity index (χ4v) is 5.57. The molecule has 1 aliphatic heterocycles. The lowest BCUT2D eigenvalue weighted by Crippen LogP contribution is -2.21. The third-order valence-corrected chi connectivity index (χ3v) is 7.76. The molecule has 4 rings (SSSR count). The molecule has 2 N–H and O–H groups in total. The Morgan fingerprint density at radius 3 is 2.27 bits per heavy atom. The van der Waals surface area contributed by atoms with Gasteiger partial charge < -0.3 is 10.4 Å². The lowest BCUT2D eigenvalue weighted by Gasteiger charge is -2.18. The molecule has 0 aliphatic carbocycles. The smallest absolute Gasteiger partial charge is 0.475 e. The highest BCUT2D eigenvalue weighted by Crippen LogP contribution is 2.23. The molecule has 1 aromatic carbocycles. The van der Waals surface area contributed by atoms with Crippen LogP contribution in [-0.2, 0) is 33.5 Å². The fourth-order valence-electron chi connectivity index (χ4n) is 4.09. The monoisotopic (exact) mass is 586 g/mol. The molecule has 8 nitrogen and oxygen atoms in total. The van der Waals surface area contributed by atoms with Gasteiger partial charge in [-0.15, -0.1) is 0 Å². The maximum Gasteiger partial charge on any atom is 0.490 e. The van der Waals surface area contributed by atoms with Crippen LogP contribution in [0.15, 0.2) is 53.4 Å². The second-order valence-electron chi connectivity index (χ2n) is 9.01. The van der Waals surface area contributed by atoms with Crippen LogP contribution < -0.4 is 5.32 Å². The van der Waals surface area contributed by atoms with Crippen LogP contribution in [0.1, 0.15) is 35.4 Å². The summed E-state index contributed by atoms with van der Waals surface area (Å²) in [5.74, 6) is -3.74. The van der Waals surface area contributed by atoms with Crippen molar-refractivity contribution in [3.8, 4) is 0 Å². The maximum absolute atomic E-state index is 14.6. The summed E-state index contributed by atoms with van der Waals surface area (Å²) < 4.78 is 85.2. The van der Waals surface area contributed by atoms with Gasteiger partial charge in [-0.2, -0.15) is 17.6 Å². The Labute approximate surface area is 227 Å². The number of nitrogens with zero attached hydrogens (tertiary/aromatic N) is 3. The highest BCUT2D eigenvalue weighted by molar-refractivity contribution is 7.90. The maximum atomic E-state index is 14.6. The topological polar surface area (TPSA) is 112 Å². The van der Waals surface area contributed by atoms with E-state index in [4.69, 9.17) is 9.90 Å². The van der Waals surface area contributed by atoms with E-state index in [0.29, 0.717) is 23.6 Å². The van der Waals surface area contributed by atoms with Gasteiger partial charge >= 0.3 is 12.1 Å². The summed E-state index contributed by atoms with van der Waals surface area (Å²) in [6.07, 6.45) is -2.76. The number of carbonyl (C=O) groups is 1. The number of sulfone groups is 1. The van der Waals surface area contributed by atoms with Crippen molar-refractivity contribution >= 4 is 21.6 Å². The molecule has 2 aromatic heterocycles. The van der Waals surface area contributed by atoms with Crippen LogP contribution in [0, 0.1) is 18.7 Å². The van der Waals surface area contributed by atoms with Crippen molar-refractivity contribution in [3.63, 3.8) is 0 Å². The Hall–Kier alpha value is -3.65. The van der Waals surface area contributed by atoms with E-state index in [-0.39, 0.29) is 23.0 Å². The fraction of sp³-hybridized carbons (Fsp3) is 0.346. The average Bonchev–Trinajstić information content (AvgIpc) is 3.36. The second-order valence-corrected chi connectivity index (χ2v) is 11.0. The lowest BCUT2D eigenvalue weighted by atomic mass is 10.1. The predicted octanol–water partition coefficient (Wildman–Crippen LogP) is 4.88. The number of likely N-dealkylation sites (tertiary alicyclic amines) is 1. The third kappa shape index (κ3) is 8.68. The number of carboxylic acids is 1. The number of hydrogen-bond acceptors (Lipinski definition) is 7. The number of alkyl halides is 3. The van der Waals surface area contributed by atoms with Gasteiger partial charge in [-0.3, -0.25) is 4.90 Å². The van der Waals surface area contributed by atoms with Gasteiger partial charge in [-0.05, 0) is 68.8 Å². The van der Waals surface area contributed by atoms with Crippen LogP contribution in [0.25, 0.3) is 0 Å². The summed E-state index contributed by atoms with van der Waals surface area (Å²) >= 11 is 0. The Balaban J connectivity index is 0.000000559. The van der Waals surface area contributed by atoms with Crippen molar-refractivity contribution in [2.45, 2.75) is 49.7 Å². The van der Waals surface area contributed by atoms with E-state index >= 15 is 0 Å². The van der Waals surface area contributed by atoms with Gasteiger partial charge in [0.05, 0.1) is 22.0 Å². The number of rotatable bonds is 8. The molecule has 1 fully saturated rings. The number of benzene rings is 1. The van der Waals surface area contributed by atoms with Crippen molar-refractivity contribution in [1.29, 1.82) is 0 Å². The molecule has 0 amide bonds. The molecule has 0 radical (unpaired) electrons. The number of aromatic nitrogens is 2. The summed E-state index contributed by atoms with van der Waals surface area (Å²) in [6.45, 7) is 4.57. The summed E-state index contributed by atoms with van der Waals surface area (Å²) in [4.78, 5) is 19.3. The minimum atomic E-state index is -5.08. The van der Waals surface area contributed by atoms with E-state index < -0.39 is 33.7 Å². The quantitative estimate of drug-likeness (QED) is 0.284. The number of carboxylic acid groups (broad SMARTS) is 1. The van der Waals surface area contributed by atoms with E-state index in [1.165, 1.54) is 24.3 Å². The van der Waals surface area contributed by atoms with E-state index in [2.05, 4.69) is 20.2 Å². The number of nitrogens with one attached hydrogen (secondary N) is 1. The van der Waals surface area contributed by atoms with E-state index in [9.17, 15) is 30.4 Å². The zero-order valence-corrected chi connectivity index (χ0v) is 22.2. The van der Waals surface area contributed by atoms with Gasteiger partial charge in [0.15, 0.2) is 9.84 Å². The van der Waals surface area contributed by atoms with Crippen molar-refractivity contribution in [1.82, 2.24) is 14.9 Å². The highest BCUT2D eigenvalue weighted by Gasteiger charge is 2.38. The van der Waals surface area contributed by atoms with Gasteiger partial charge in [0.25, 0.3) is 0 Å².